The normalized spacial score (nSPS) is 11.3. The van der Waals surface area contributed by atoms with E-state index < -0.39 is 0 Å². The zero-order valence-corrected chi connectivity index (χ0v) is 10.7. The molecule has 3 aromatic rings. The fourth-order valence-corrected chi connectivity index (χ4v) is 2.09. The first-order valence-electron chi connectivity index (χ1n) is 6.19. The molecule has 98 valence electrons. The van der Waals surface area contributed by atoms with Crippen LogP contribution >= 0.6 is 0 Å². The van der Waals surface area contributed by atoms with Crippen LogP contribution in [0.2, 0.25) is 0 Å². The molecule has 0 aromatic carbocycles. The summed E-state index contributed by atoms with van der Waals surface area (Å²) in [5, 5.41) is 16.9. The van der Waals surface area contributed by atoms with Crippen molar-refractivity contribution in [2.24, 2.45) is 0 Å². The number of aromatic nitrogens is 5. The number of aliphatic hydroxyl groups is 1. The first kappa shape index (κ1) is 11.9. The van der Waals surface area contributed by atoms with E-state index in [0.29, 0.717) is 13.0 Å². The summed E-state index contributed by atoms with van der Waals surface area (Å²) in [6, 6.07) is 4.05. The number of nitrogens with zero attached hydrogens (tertiary/aromatic N) is 5. The lowest BCUT2D eigenvalue weighted by atomic mass is 10.3. The van der Waals surface area contributed by atoms with Gasteiger partial charge in [0.15, 0.2) is 0 Å². The van der Waals surface area contributed by atoms with E-state index in [0.717, 1.165) is 22.6 Å². The predicted octanol–water partition coefficient (Wildman–Crippen LogP) is 0.817. The largest absolute Gasteiger partial charge is 0.396 e. The summed E-state index contributed by atoms with van der Waals surface area (Å²) < 4.78 is 3.75. The minimum Gasteiger partial charge on any atom is -0.396 e. The molecule has 0 aliphatic heterocycles. The summed E-state index contributed by atoms with van der Waals surface area (Å²) in [6.45, 7) is 2.72. The lowest BCUT2D eigenvalue weighted by molar-refractivity contribution is 0.298. The third-order valence-corrected chi connectivity index (χ3v) is 3.01. The average molecular weight is 257 g/mol. The molecular weight excluding hydrogens is 242 g/mol. The SMILES string of the molecule is Cc1cccn2cc(Cn3cc(CCO)nn3)nc12. The molecule has 1 N–H and O–H groups in total. The standard InChI is InChI=1S/C13H15N5O/c1-10-3-2-5-17-7-12(14-13(10)17)9-18-8-11(4-6-19)15-16-18/h2-3,5,7-8,19H,4,6,9H2,1H3. The van der Waals surface area contributed by atoms with Crippen LogP contribution in [-0.2, 0) is 13.0 Å². The molecule has 0 unspecified atom stereocenters. The van der Waals surface area contributed by atoms with Crippen molar-refractivity contribution in [1.29, 1.82) is 0 Å². The van der Waals surface area contributed by atoms with Gasteiger partial charge in [-0.15, -0.1) is 5.10 Å². The maximum absolute atomic E-state index is 8.85. The first-order chi connectivity index (χ1) is 9.26. The fraction of sp³-hybridized carbons (Fsp3) is 0.308. The van der Waals surface area contributed by atoms with E-state index in [-0.39, 0.29) is 6.61 Å². The Bertz CT molecular complexity index is 700. The molecule has 0 fully saturated rings. The van der Waals surface area contributed by atoms with Crippen molar-refractivity contribution in [3.63, 3.8) is 0 Å². The maximum Gasteiger partial charge on any atom is 0.140 e. The Hall–Kier alpha value is -2.21. The van der Waals surface area contributed by atoms with Crippen molar-refractivity contribution in [2.45, 2.75) is 19.9 Å². The number of aliphatic hydroxyl groups excluding tert-OH is 1. The Labute approximate surface area is 110 Å². The van der Waals surface area contributed by atoms with Crippen LogP contribution in [0.1, 0.15) is 17.0 Å². The molecule has 6 heteroatoms. The van der Waals surface area contributed by atoms with Crippen LogP contribution < -0.4 is 0 Å². The number of hydrogen-bond donors (Lipinski definition) is 1. The minimum absolute atomic E-state index is 0.0895. The minimum atomic E-state index is 0.0895. The highest BCUT2D eigenvalue weighted by Crippen LogP contribution is 2.10. The van der Waals surface area contributed by atoms with Gasteiger partial charge in [0.05, 0.1) is 17.9 Å². The van der Waals surface area contributed by atoms with Gasteiger partial charge in [-0.2, -0.15) is 0 Å². The van der Waals surface area contributed by atoms with Crippen LogP contribution in [0.15, 0.2) is 30.7 Å². The molecule has 0 saturated heterocycles. The molecule has 0 spiro atoms. The van der Waals surface area contributed by atoms with Crippen LogP contribution in [0.25, 0.3) is 5.65 Å². The summed E-state index contributed by atoms with van der Waals surface area (Å²) in [5.74, 6) is 0. The third kappa shape index (κ3) is 2.34. The van der Waals surface area contributed by atoms with Gasteiger partial charge in [-0.3, -0.25) is 0 Å². The van der Waals surface area contributed by atoms with E-state index in [9.17, 15) is 0 Å². The molecule has 0 radical (unpaired) electrons. The van der Waals surface area contributed by atoms with Gasteiger partial charge in [0.2, 0.25) is 0 Å². The molecule has 0 bridgehead atoms. The topological polar surface area (TPSA) is 68.2 Å². The number of rotatable bonds is 4. The highest BCUT2D eigenvalue weighted by Gasteiger charge is 2.06. The van der Waals surface area contributed by atoms with E-state index in [1.54, 1.807) is 4.68 Å². The molecular formula is C13H15N5O. The van der Waals surface area contributed by atoms with Crippen molar-refractivity contribution in [3.05, 3.63) is 47.7 Å². The molecule has 3 aromatic heterocycles. The summed E-state index contributed by atoms with van der Waals surface area (Å²) in [4.78, 5) is 4.59. The zero-order valence-electron chi connectivity index (χ0n) is 10.7. The molecule has 0 aliphatic carbocycles. The second kappa shape index (κ2) is 4.81. The van der Waals surface area contributed by atoms with Crippen LogP contribution in [0.4, 0.5) is 0 Å². The van der Waals surface area contributed by atoms with Gasteiger partial charge < -0.3 is 9.51 Å². The summed E-state index contributed by atoms with van der Waals surface area (Å²) in [7, 11) is 0. The molecule has 19 heavy (non-hydrogen) atoms. The lowest BCUT2D eigenvalue weighted by Gasteiger charge is -1.94. The number of hydrogen-bond acceptors (Lipinski definition) is 4. The lowest BCUT2D eigenvalue weighted by Crippen LogP contribution is -2.00. The van der Waals surface area contributed by atoms with Gasteiger partial charge in [-0.1, -0.05) is 11.3 Å². The monoisotopic (exact) mass is 257 g/mol. The maximum atomic E-state index is 8.85. The van der Waals surface area contributed by atoms with Crippen LogP contribution in [-0.4, -0.2) is 36.1 Å². The number of imidazole rings is 1. The molecule has 0 saturated carbocycles. The highest BCUT2D eigenvalue weighted by molar-refractivity contribution is 5.47. The van der Waals surface area contributed by atoms with Gasteiger partial charge in [0.25, 0.3) is 0 Å². The van der Waals surface area contributed by atoms with Crippen molar-refractivity contribution < 1.29 is 5.11 Å². The molecule has 3 rings (SSSR count). The number of pyridine rings is 1. The van der Waals surface area contributed by atoms with Crippen molar-refractivity contribution in [3.8, 4) is 0 Å². The third-order valence-electron chi connectivity index (χ3n) is 3.01. The first-order valence-corrected chi connectivity index (χ1v) is 6.19. The van der Waals surface area contributed by atoms with E-state index in [1.807, 2.05) is 42.0 Å². The van der Waals surface area contributed by atoms with Gasteiger partial charge in [0, 0.05) is 31.6 Å². The zero-order chi connectivity index (χ0) is 13.2. The van der Waals surface area contributed by atoms with Gasteiger partial charge in [0.1, 0.15) is 5.65 Å². The van der Waals surface area contributed by atoms with Crippen molar-refractivity contribution in [1.82, 2.24) is 24.4 Å². The Morgan fingerprint density at radius 2 is 2.16 bits per heavy atom. The van der Waals surface area contributed by atoms with Crippen molar-refractivity contribution in [2.75, 3.05) is 6.61 Å². The quantitative estimate of drug-likeness (QED) is 0.751. The van der Waals surface area contributed by atoms with Gasteiger partial charge in [-0.05, 0) is 18.6 Å². The van der Waals surface area contributed by atoms with Crippen LogP contribution in [0.5, 0.6) is 0 Å². The fourth-order valence-electron chi connectivity index (χ4n) is 2.09. The molecule has 0 atom stereocenters. The van der Waals surface area contributed by atoms with Crippen LogP contribution in [0.3, 0.4) is 0 Å². The van der Waals surface area contributed by atoms with Gasteiger partial charge >= 0.3 is 0 Å². The Balaban J connectivity index is 1.86. The predicted molar refractivity (Wildman–Crippen MR) is 69.8 cm³/mol. The summed E-state index contributed by atoms with van der Waals surface area (Å²) in [5.41, 5.74) is 3.85. The van der Waals surface area contributed by atoms with E-state index in [4.69, 9.17) is 5.11 Å². The molecule has 3 heterocycles. The summed E-state index contributed by atoms with van der Waals surface area (Å²) >= 11 is 0. The molecule has 0 amide bonds. The average Bonchev–Trinajstić information content (AvgIpc) is 2.98. The second-order valence-corrected chi connectivity index (χ2v) is 4.54. The Morgan fingerprint density at radius 3 is 2.95 bits per heavy atom. The second-order valence-electron chi connectivity index (χ2n) is 4.54. The Kier molecular flexibility index (Phi) is 3.00. The van der Waals surface area contributed by atoms with Crippen molar-refractivity contribution >= 4 is 5.65 Å². The van der Waals surface area contributed by atoms with Gasteiger partial charge in [-0.25, -0.2) is 9.67 Å². The summed E-state index contributed by atoms with van der Waals surface area (Å²) in [6.07, 6.45) is 6.35. The number of fused-ring (bicyclic) bond motifs is 1. The van der Waals surface area contributed by atoms with E-state index in [2.05, 4.69) is 15.3 Å². The number of aryl methyl sites for hydroxylation is 1. The molecule has 0 aliphatic rings. The smallest absolute Gasteiger partial charge is 0.140 e. The molecule has 6 nitrogen and oxygen atoms in total. The van der Waals surface area contributed by atoms with E-state index >= 15 is 0 Å². The van der Waals surface area contributed by atoms with Crippen LogP contribution in [0, 0.1) is 6.92 Å². The highest BCUT2D eigenvalue weighted by atomic mass is 16.3. The van der Waals surface area contributed by atoms with E-state index in [1.165, 1.54) is 0 Å². The Morgan fingerprint density at radius 1 is 1.26 bits per heavy atom.